The molecule has 0 radical (unpaired) electrons. The van der Waals surface area contributed by atoms with E-state index in [4.69, 9.17) is 0 Å². The average Bonchev–Trinajstić information content (AvgIpc) is 3.01. The molecule has 0 bridgehead atoms. The van der Waals surface area contributed by atoms with Crippen LogP contribution in [0, 0.1) is 0 Å². The maximum Gasteiger partial charge on any atom is 0.123 e. The summed E-state index contributed by atoms with van der Waals surface area (Å²) in [6.45, 7) is 13.9. The molecule has 0 atom stereocenters. The van der Waals surface area contributed by atoms with Crippen LogP contribution in [0.4, 0.5) is 0 Å². The van der Waals surface area contributed by atoms with Crippen LogP contribution in [0.25, 0.3) is 11.0 Å². The number of thioether (sulfide) groups is 1. The van der Waals surface area contributed by atoms with Crippen LogP contribution in [-0.2, 0) is 17.4 Å². The Bertz CT molecular complexity index is 926. The lowest BCUT2D eigenvalue weighted by Crippen LogP contribution is -2.17. The smallest absolute Gasteiger partial charge is 0.123 e. The largest absolute Gasteiger partial charge is 0.507 e. The number of fused-ring (bicyclic) bond motifs is 1. The van der Waals surface area contributed by atoms with Gasteiger partial charge < -0.3 is 9.67 Å². The van der Waals surface area contributed by atoms with Crippen molar-refractivity contribution in [3.8, 4) is 5.75 Å². The van der Waals surface area contributed by atoms with E-state index in [2.05, 4.69) is 81.4 Å². The van der Waals surface area contributed by atoms with Gasteiger partial charge in [-0.25, -0.2) is 4.98 Å². The first-order valence-corrected chi connectivity index (χ1v) is 11.0. The summed E-state index contributed by atoms with van der Waals surface area (Å²) in [4.78, 5) is 5.71. The molecule has 0 aliphatic rings. The lowest BCUT2D eigenvalue weighted by atomic mass is 9.79. The van der Waals surface area contributed by atoms with Gasteiger partial charge in [-0.3, -0.25) is 0 Å². The van der Waals surface area contributed by atoms with Gasteiger partial charge in [0.05, 0.1) is 17.4 Å². The van der Waals surface area contributed by atoms with Gasteiger partial charge >= 0.3 is 0 Å². The second kappa shape index (κ2) is 7.82. The molecule has 28 heavy (non-hydrogen) atoms. The van der Waals surface area contributed by atoms with Crippen molar-refractivity contribution in [2.24, 2.45) is 0 Å². The number of aromatic hydroxyl groups is 1. The van der Waals surface area contributed by atoms with Crippen molar-refractivity contribution in [2.45, 2.75) is 70.2 Å². The second-order valence-electron chi connectivity index (χ2n) is 9.50. The topological polar surface area (TPSA) is 38.0 Å². The maximum atomic E-state index is 10.9. The van der Waals surface area contributed by atoms with E-state index in [9.17, 15) is 5.11 Å². The number of imidazole rings is 1. The molecule has 3 aromatic rings. The number of hydrogen-bond donors (Lipinski definition) is 1. The second-order valence-corrected chi connectivity index (χ2v) is 10.7. The monoisotopic (exact) mass is 396 g/mol. The Labute approximate surface area is 173 Å². The number of nitrogens with zero attached hydrogens (tertiary/aromatic N) is 2. The zero-order valence-corrected chi connectivity index (χ0v) is 18.7. The van der Waals surface area contributed by atoms with E-state index in [0.717, 1.165) is 35.4 Å². The molecule has 4 heteroatoms. The van der Waals surface area contributed by atoms with Crippen LogP contribution < -0.4 is 0 Å². The van der Waals surface area contributed by atoms with E-state index in [1.165, 1.54) is 10.4 Å². The number of phenols is 1. The maximum absolute atomic E-state index is 10.9. The van der Waals surface area contributed by atoms with Crippen LogP contribution in [0.1, 0.15) is 59.1 Å². The van der Waals surface area contributed by atoms with E-state index in [1.54, 1.807) is 0 Å². The molecule has 1 heterocycles. The highest BCUT2D eigenvalue weighted by atomic mass is 32.2. The van der Waals surface area contributed by atoms with Gasteiger partial charge in [-0.2, -0.15) is 0 Å². The Morgan fingerprint density at radius 3 is 2.18 bits per heavy atom. The van der Waals surface area contributed by atoms with Crippen molar-refractivity contribution in [3.05, 3.63) is 53.9 Å². The molecule has 0 aliphatic carbocycles. The highest BCUT2D eigenvalue weighted by molar-refractivity contribution is 7.99. The number of rotatable bonds is 5. The van der Waals surface area contributed by atoms with Crippen molar-refractivity contribution in [3.63, 3.8) is 0 Å². The third kappa shape index (κ3) is 4.54. The molecule has 150 valence electrons. The zero-order valence-electron chi connectivity index (χ0n) is 17.9. The highest BCUT2D eigenvalue weighted by Gasteiger charge is 2.26. The predicted octanol–water partition coefficient (Wildman–Crippen LogP) is 6.52. The van der Waals surface area contributed by atoms with Crippen LogP contribution >= 0.6 is 11.8 Å². The summed E-state index contributed by atoms with van der Waals surface area (Å²) in [5, 5.41) is 10.9. The fourth-order valence-electron chi connectivity index (χ4n) is 3.45. The number of benzene rings is 2. The van der Waals surface area contributed by atoms with Crippen molar-refractivity contribution >= 4 is 22.8 Å². The Hall–Kier alpha value is -1.94. The molecule has 1 aromatic heterocycles. The Morgan fingerprint density at radius 2 is 1.57 bits per heavy atom. The summed E-state index contributed by atoms with van der Waals surface area (Å²) in [5.41, 5.74) is 4.14. The molecule has 1 N–H and O–H groups in total. The number of hydrogen-bond acceptors (Lipinski definition) is 3. The molecule has 3 nitrogen and oxygen atoms in total. The van der Waals surface area contributed by atoms with Crippen molar-refractivity contribution in [2.75, 3.05) is 5.75 Å². The van der Waals surface area contributed by atoms with Crippen LogP contribution in [0.5, 0.6) is 5.75 Å². The zero-order chi connectivity index (χ0) is 20.5. The third-order valence-electron chi connectivity index (χ3n) is 5.04. The molecular formula is C24H32N2OS. The fraction of sp³-hybridized carbons (Fsp3) is 0.458. The Kier molecular flexibility index (Phi) is 5.81. The predicted molar refractivity (Wildman–Crippen MR) is 121 cm³/mol. The molecule has 0 spiro atoms. The van der Waals surface area contributed by atoms with E-state index >= 15 is 0 Å². The first kappa shape index (κ1) is 20.8. The van der Waals surface area contributed by atoms with Gasteiger partial charge in [-0.1, -0.05) is 53.7 Å². The quantitative estimate of drug-likeness (QED) is 0.394. The normalized spacial score (nSPS) is 12.6. The minimum Gasteiger partial charge on any atom is -0.507 e. The third-order valence-corrected chi connectivity index (χ3v) is 6.10. The van der Waals surface area contributed by atoms with Crippen molar-refractivity contribution < 1.29 is 5.11 Å². The Morgan fingerprint density at radius 1 is 0.964 bits per heavy atom. The molecular weight excluding hydrogens is 364 g/mol. The number of para-hydroxylation sites is 2. The number of aryl methyl sites for hydroxylation is 1. The molecule has 0 saturated heterocycles. The molecule has 0 amide bonds. The number of phenolic OH excluding ortho intramolecular Hbond substituents is 1. The lowest BCUT2D eigenvalue weighted by molar-refractivity contribution is 0.422. The minimum absolute atomic E-state index is 0.0869. The van der Waals surface area contributed by atoms with Crippen LogP contribution in [0.3, 0.4) is 0 Å². The lowest BCUT2D eigenvalue weighted by Gasteiger charge is -2.28. The number of aromatic nitrogens is 2. The van der Waals surface area contributed by atoms with Gasteiger partial charge in [0.2, 0.25) is 0 Å². The van der Waals surface area contributed by atoms with Gasteiger partial charge in [-0.05, 0) is 47.3 Å². The molecule has 0 fully saturated rings. The van der Waals surface area contributed by atoms with Crippen LogP contribution in [-0.4, -0.2) is 20.4 Å². The molecule has 2 aromatic carbocycles. The SMILES string of the molecule is CC(C)(C)c1cc(SCCCn2cnc3ccccc32)cc(C(C)(C)C)c1O. The van der Waals surface area contributed by atoms with E-state index in [1.807, 2.05) is 24.2 Å². The van der Waals surface area contributed by atoms with Gasteiger partial charge in [0.25, 0.3) is 0 Å². The molecule has 0 unspecified atom stereocenters. The van der Waals surface area contributed by atoms with Gasteiger partial charge in [-0.15, -0.1) is 11.8 Å². The molecule has 3 rings (SSSR count). The first-order chi connectivity index (χ1) is 13.1. The first-order valence-electron chi connectivity index (χ1n) is 9.98. The van der Waals surface area contributed by atoms with Crippen molar-refractivity contribution in [1.29, 1.82) is 0 Å². The van der Waals surface area contributed by atoms with E-state index in [-0.39, 0.29) is 10.8 Å². The summed E-state index contributed by atoms with van der Waals surface area (Å²) in [5.74, 6) is 1.49. The highest BCUT2D eigenvalue weighted by Crippen LogP contribution is 2.41. The van der Waals surface area contributed by atoms with Crippen LogP contribution in [0.15, 0.2) is 47.6 Å². The Balaban J connectivity index is 1.73. The fourth-order valence-corrected chi connectivity index (χ4v) is 4.36. The summed E-state index contributed by atoms with van der Waals surface area (Å²) in [6, 6.07) is 12.6. The van der Waals surface area contributed by atoms with E-state index in [0.29, 0.717) is 5.75 Å². The molecule has 0 saturated carbocycles. The standard InChI is InChI=1S/C24H32N2OS/c1-23(2,3)18-14-17(15-19(22(18)27)24(4,5)6)28-13-9-12-26-16-25-20-10-7-8-11-21(20)26/h7-8,10-11,14-16,27H,9,12-13H2,1-6H3. The van der Waals surface area contributed by atoms with Gasteiger partial charge in [0.1, 0.15) is 5.75 Å². The summed E-state index contributed by atoms with van der Waals surface area (Å²) in [6.07, 6.45) is 3.01. The summed E-state index contributed by atoms with van der Waals surface area (Å²) in [7, 11) is 0. The van der Waals surface area contributed by atoms with E-state index < -0.39 is 0 Å². The average molecular weight is 397 g/mol. The van der Waals surface area contributed by atoms with Crippen LogP contribution in [0.2, 0.25) is 0 Å². The minimum atomic E-state index is -0.0869. The summed E-state index contributed by atoms with van der Waals surface area (Å²) >= 11 is 1.87. The van der Waals surface area contributed by atoms with Gasteiger partial charge in [0, 0.05) is 22.6 Å². The van der Waals surface area contributed by atoms with Crippen molar-refractivity contribution in [1.82, 2.24) is 9.55 Å². The summed E-state index contributed by atoms with van der Waals surface area (Å²) < 4.78 is 2.23. The molecule has 0 aliphatic heterocycles. The van der Waals surface area contributed by atoms with Gasteiger partial charge in [0.15, 0.2) is 0 Å².